The van der Waals surface area contributed by atoms with Crippen molar-refractivity contribution in [2.24, 2.45) is 5.92 Å². The van der Waals surface area contributed by atoms with Crippen LogP contribution in [0.5, 0.6) is 0 Å². The number of rotatable bonds is 7. The summed E-state index contributed by atoms with van der Waals surface area (Å²) in [5.41, 5.74) is 1.67. The average Bonchev–Trinajstić information content (AvgIpc) is 3.11. The predicted molar refractivity (Wildman–Crippen MR) is 86.1 cm³/mol. The average molecular weight is 331 g/mol. The minimum Gasteiger partial charge on any atom is -0.316 e. The number of benzene rings is 1. The summed E-state index contributed by atoms with van der Waals surface area (Å²) in [6, 6.07) is 3.43. The quantitative estimate of drug-likeness (QED) is 0.808. The largest absolute Gasteiger partial charge is 0.316 e. The molecule has 6 heteroatoms. The van der Waals surface area contributed by atoms with Gasteiger partial charge in [0, 0.05) is 17.6 Å². The van der Waals surface area contributed by atoms with E-state index in [1.165, 1.54) is 6.07 Å². The summed E-state index contributed by atoms with van der Waals surface area (Å²) in [4.78, 5) is 0.294. The molecule has 2 N–H and O–H groups in total. The molecule has 2 unspecified atom stereocenters. The molecule has 1 aliphatic carbocycles. The highest BCUT2D eigenvalue weighted by Crippen LogP contribution is 2.36. The first-order chi connectivity index (χ1) is 9.89. The van der Waals surface area contributed by atoms with Crippen LogP contribution in [-0.4, -0.2) is 21.5 Å². The van der Waals surface area contributed by atoms with Gasteiger partial charge in [-0.1, -0.05) is 24.9 Å². The molecule has 0 aromatic heterocycles. The summed E-state index contributed by atoms with van der Waals surface area (Å²) < 4.78 is 28.0. The molecular weight excluding hydrogens is 308 g/mol. The van der Waals surface area contributed by atoms with Gasteiger partial charge < -0.3 is 5.32 Å². The van der Waals surface area contributed by atoms with Crippen LogP contribution in [-0.2, 0) is 16.6 Å². The molecule has 0 bridgehead atoms. The first-order valence-electron chi connectivity index (χ1n) is 7.35. The monoisotopic (exact) mass is 330 g/mol. The van der Waals surface area contributed by atoms with Crippen molar-refractivity contribution in [3.8, 4) is 0 Å². The van der Waals surface area contributed by atoms with Crippen LogP contribution in [0.3, 0.4) is 0 Å². The van der Waals surface area contributed by atoms with Gasteiger partial charge in [0.1, 0.15) is 0 Å². The molecule has 1 aromatic rings. The maximum Gasteiger partial charge on any atom is 0.241 e. The maximum absolute atomic E-state index is 12.6. The summed E-state index contributed by atoms with van der Waals surface area (Å²) in [6.07, 6.45) is 3.11. The number of nitrogens with one attached hydrogen (secondary N) is 2. The smallest absolute Gasteiger partial charge is 0.241 e. The Kier molecular flexibility index (Phi) is 5.30. The first kappa shape index (κ1) is 16.7. The third kappa shape index (κ3) is 3.97. The summed E-state index contributed by atoms with van der Waals surface area (Å²) >= 11 is 6.07. The molecular formula is C15H23ClN2O2S. The topological polar surface area (TPSA) is 58.2 Å². The van der Waals surface area contributed by atoms with E-state index < -0.39 is 10.0 Å². The van der Waals surface area contributed by atoms with Crippen LogP contribution in [0.1, 0.15) is 37.3 Å². The Morgan fingerprint density at radius 3 is 2.71 bits per heavy atom. The second kappa shape index (κ2) is 6.65. The minimum absolute atomic E-state index is 0.0843. The lowest BCUT2D eigenvalue weighted by molar-refractivity contribution is 0.572. The third-order valence-electron chi connectivity index (χ3n) is 3.98. The Balaban J connectivity index is 2.24. The molecule has 21 heavy (non-hydrogen) atoms. The van der Waals surface area contributed by atoms with Crippen LogP contribution in [0.15, 0.2) is 17.0 Å². The summed E-state index contributed by atoms with van der Waals surface area (Å²) in [6.45, 7) is 4.54. The second-order valence-electron chi connectivity index (χ2n) is 5.73. The Hall–Kier alpha value is -0.620. The fourth-order valence-electron chi connectivity index (χ4n) is 2.71. The standard InChI is InChI=1S/C15H23ClN2O2S/c1-4-5-11-7-14(11)18-21(19,20)15-8-13(16)6-12(9-17-3)10(15)2/h6,8,11,14,17-18H,4-5,7,9H2,1-3H3. The van der Waals surface area contributed by atoms with Gasteiger partial charge in [0.15, 0.2) is 0 Å². The third-order valence-corrected chi connectivity index (χ3v) is 5.81. The molecule has 1 aliphatic rings. The molecule has 1 fully saturated rings. The van der Waals surface area contributed by atoms with Crippen molar-refractivity contribution >= 4 is 21.6 Å². The molecule has 0 saturated heterocycles. The zero-order valence-electron chi connectivity index (χ0n) is 12.7. The second-order valence-corrected chi connectivity index (χ2v) is 7.85. The van der Waals surface area contributed by atoms with Gasteiger partial charge in [0.25, 0.3) is 0 Å². The Morgan fingerprint density at radius 2 is 2.10 bits per heavy atom. The Bertz CT molecular complexity index is 616. The van der Waals surface area contributed by atoms with Gasteiger partial charge in [-0.2, -0.15) is 0 Å². The fraction of sp³-hybridized carbons (Fsp3) is 0.600. The van der Waals surface area contributed by atoms with Crippen molar-refractivity contribution in [3.05, 3.63) is 28.3 Å². The lowest BCUT2D eigenvalue weighted by atomic mass is 10.1. The van der Waals surface area contributed by atoms with Gasteiger partial charge >= 0.3 is 0 Å². The maximum atomic E-state index is 12.6. The molecule has 0 radical (unpaired) electrons. The molecule has 1 aromatic carbocycles. The lowest BCUT2D eigenvalue weighted by Gasteiger charge is -2.13. The molecule has 2 rings (SSSR count). The Labute approximate surface area is 132 Å². The van der Waals surface area contributed by atoms with Crippen molar-refractivity contribution in [2.75, 3.05) is 7.05 Å². The van der Waals surface area contributed by atoms with Crippen LogP contribution in [0.4, 0.5) is 0 Å². The lowest BCUT2D eigenvalue weighted by Crippen LogP contribution is -2.28. The van der Waals surface area contributed by atoms with Crippen LogP contribution in [0, 0.1) is 12.8 Å². The molecule has 118 valence electrons. The van der Waals surface area contributed by atoms with E-state index in [1.54, 1.807) is 0 Å². The van der Waals surface area contributed by atoms with Crippen molar-refractivity contribution in [1.29, 1.82) is 0 Å². The van der Waals surface area contributed by atoms with Gasteiger partial charge in [0.2, 0.25) is 10.0 Å². The zero-order chi connectivity index (χ0) is 15.6. The van der Waals surface area contributed by atoms with E-state index in [-0.39, 0.29) is 6.04 Å². The van der Waals surface area contributed by atoms with E-state index in [0.29, 0.717) is 22.4 Å². The normalized spacial score (nSPS) is 21.5. The highest BCUT2D eigenvalue weighted by molar-refractivity contribution is 7.89. The molecule has 0 spiro atoms. The van der Waals surface area contributed by atoms with Crippen LogP contribution in [0.2, 0.25) is 5.02 Å². The zero-order valence-corrected chi connectivity index (χ0v) is 14.3. The number of sulfonamides is 1. The van der Waals surface area contributed by atoms with Crippen LogP contribution in [0.25, 0.3) is 0 Å². The van der Waals surface area contributed by atoms with E-state index in [0.717, 1.165) is 30.4 Å². The molecule has 1 saturated carbocycles. The Morgan fingerprint density at radius 1 is 1.38 bits per heavy atom. The highest BCUT2D eigenvalue weighted by atomic mass is 35.5. The van der Waals surface area contributed by atoms with Crippen molar-refractivity contribution in [1.82, 2.24) is 10.0 Å². The summed E-state index contributed by atoms with van der Waals surface area (Å²) in [7, 11) is -1.68. The van der Waals surface area contributed by atoms with Crippen molar-refractivity contribution < 1.29 is 8.42 Å². The van der Waals surface area contributed by atoms with Crippen molar-refractivity contribution in [3.63, 3.8) is 0 Å². The van der Waals surface area contributed by atoms with Gasteiger partial charge in [-0.25, -0.2) is 13.1 Å². The van der Waals surface area contributed by atoms with Crippen molar-refractivity contribution in [2.45, 2.75) is 50.6 Å². The SMILES string of the molecule is CCCC1CC1NS(=O)(=O)c1cc(Cl)cc(CNC)c1C. The fourth-order valence-corrected chi connectivity index (χ4v) is 4.64. The molecule has 4 nitrogen and oxygen atoms in total. The molecule has 2 atom stereocenters. The van der Waals surface area contributed by atoms with E-state index in [4.69, 9.17) is 11.6 Å². The van der Waals surface area contributed by atoms with E-state index >= 15 is 0 Å². The van der Waals surface area contributed by atoms with Crippen LogP contribution < -0.4 is 10.0 Å². The summed E-state index contributed by atoms with van der Waals surface area (Å²) in [5.74, 6) is 0.487. The van der Waals surface area contributed by atoms with Crippen LogP contribution >= 0.6 is 11.6 Å². The van der Waals surface area contributed by atoms with Gasteiger partial charge in [-0.3, -0.25) is 0 Å². The van der Waals surface area contributed by atoms with E-state index in [9.17, 15) is 8.42 Å². The highest BCUT2D eigenvalue weighted by Gasteiger charge is 2.39. The molecule has 0 aliphatic heterocycles. The number of hydrogen-bond donors (Lipinski definition) is 2. The van der Waals surface area contributed by atoms with Gasteiger partial charge in [-0.05, 0) is 56.0 Å². The summed E-state index contributed by atoms with van der Waals surface area (Å²) in [5, 5.41) is 3.48. The first-order valence-corrected chi connectivity index (χ1v) is 9.21. The minimum atomic E-state index is -3.50. The van der Waals surface area contributed by atoms with E-state index in [1.807, 2.05) is 20.0 Å². The predicted octanol–water partition coefficient (Wildman–Crippen LogP) is 2.83. The molecule has 0 amide bonds. The van der Waals surface area contributed by atoms with E-state index in [2.05, 4.69) is 17.0 Å². The van der Waals surface area contributed by atoms with Gasteiger partial charge in [0.05, 0.1) is 4.90 Å². The number of halogens is 1. The molecule has 0 heterocycles. The van der Waals surface area contributed by atoms with Gasteiger partial charge in [-0.15, -0.1) is 0 Å². The number of hydrogen-bond acceptors (Lipinski definition) is 3.